The van der Waals surface area contributed by atoms with Gasteiger partial charge in [0.25, 0.3) is 0 Å². The quantitative estimate of drug-likeness (QED) is 0.473. The average molecular weight is 449 g/mol. The van der Waals surface area contributed by atoms with Gasteiger partial charge in [-0.2, -0.15) is 0 Å². The fourth-order valence-corrected chi connectivity index (χ4v) is 2.58. The molecule has 10 nitrogen and oxygen atoms in total. The van der Waals surface area contributed by atoms with Crippen LogP contribution in [-0.4, -0.2) is 44.6 Å². The van der Waals surface area contributed by atoms with E-state index in [0.717, 1.165) is 4.57 Å². The molecule has 0 fully saturated rings. The van der Waals surface area contributed by atoms with Crippen molar-refractivity contribution in [1.82, 2.24) is 9.55 Å². The maximum Gasteiger partial charge on any atom is 0.427 e. The molecule has 1 heterocycles. The van der Waals surface area contributed by atoms with E-state index in [0.29, 0.717) is 16.1 Å². The minimum atomic E-state index is -1.06. The summed E-state index contributed by atoms with van der Waals surface area (Å²) in [5.74, 6) is -0.330. The maximum absolute atomic E-state index is 13.1. The molecule has 0 bridgehead atoms. The van der Waals surface area contributed by atoms with Crippen molar-refractivity contribution in [3.63, 3.8) is 0 Å². The number of amides is 2. The molecule has 0 aliphatic carbocycles. The molecule has 0 atom stereocenters. The van der Waals surface area contributed by atoms with Gasteiger partial charge in [-0.25, -0.2) is 23.9 Å². The van der Waals surface area contributed by atoms with E-state index in [1.54, 1.807) is 74.4 Å². The second-order valence-electron chi connectivity index (χ2n) is 10.3. The number of fused-ring (bicyclic) bond motifs is 1. The van der Waals surface area contributed by atoms with Crippen molar-refractivity contribution in [2.75, 3.05) is 10.6 Å². The van der Waals surface area contributed by atoms with Crippen molar-refractivity contribution >= 4 is 40.9 Å². The SMILES string of the molecule is CC(C)(C)OC(=O)N(C(=O)OC(C)(C)C)c1nc2cc(N)ccc2n1C(=O)OC(C)(C)C. The largest absolute Gasteiger partial charge is 0.443 e. The van der Waals surface area contributed by atoms with E-state index in [-0.39, 0.29) is 11.5 Å². The number of nitrogen functional groups attached to an aromatic ring is 1. The molecule has 1 aromatic carbocycles. The van der Waals surface area contributed by atoms with Gasteiger partial charge in [-0.05, 0) is 80.5 Å². The van der Waals surface area contributed by atoms with Crippen LogP contribution in [0, 0.1) is 0 Å². The molecular formula is C22H32N4O6. The third kappa shape index (κ3) is 6.35. The van der Waals surface area contributed by atoms with Crippen molar-refractivity contribution in [1.29, 1.82) is 0 Å². The minimum absolute atomic E-state index is 0.281. The van der Waals surface area contributed by atoms with Crippen molar-refractivity contribution in [3.05, 3.63) is 18.2 Å². The fourth-order valence-electron chi connectivity index (χ4n) is 2.58. The number of nitrogens with two attached hydrogens (primary N) is 1. The number of nitrogens with zero attached hydrogens (tertiary/aromatic N) is 3. The van der Waals surface area contributed by atoms with Crippen molar-refractivity contribution in [2.24, 2.45) is 0 Å². The predicted octanol–water partition coefficient (Wildman–Crippen LogP) is 5.08. The normalized spacial score (nSPS) is 12.4. The van der Waals surface area contributed by atoms with Gasteiger partial charge in [0.15, 0.2) is 0 Å². The smallest absolute Gasteiger partial charge is 0.427 e. The van der Waals surface area contributed by atoms with Crippen LogP contribution in [0.2, 0.25) is 0 Å². The van der Waals surface area contributed by atoms with E-state index in [4.69, 9.17) is 19.9 Å². The van der Waals surface area contributed by atoms with Gasteiger partial charge < -0.3 is 19.9 Å². The predicted molar refractivity (Wildman–Crippen MR) is 121 cm³/mol. The number of hydrogen-bond donors (Lipinski definition) is 1. The van der Waals surface area contributed by atoms with Gasteiger partial charge in [-0.3, -0.25) is 0 Å². The molecule has 0 aliphatic heterocycles. The Kier molecular flexibility index (Phi) is 6.50. The van der Waals surface area contributed by atoms with E-state index in [2.05, 4.69) is 4.98 Å². The van der Waals surface area contributed by atoms with Gasteiger partial charge in [-0.1, -0.05) is 0 Å². The second kappa shape index (κ2) is 8.33. The van der Waals surface area contributed by atoms with Crippen LogP contribution < -0.4 is 10.6 Å². The van der Waals surface area contributed by atoms with E-state index < -0.39 is 35.1 Å². The lowest BCUT2D eigenvalue weighted by molar-refractivity contribution is 0.0424. The number of carbonyl (C=O) groups excluding carboxylic acids is 3. The number of imide groups is 1. The molecule has 1 aromatic heterocycles. The first-order valence-corrected chi connectivity index (χ1v) is 10.2. The van der Waals surface area contributed by atoms with Crippen LogP contribution >= 0.6 is 0 Å². The van der Waals surface area contributed by atoms with Crippen molar-refractivity contribution < 1.29 is 28.6 Å². The molecular weight excluding hydrogens is 416 g/mol. The van der Waals surface area contributed by atoms with Crippen LogP contribution in [0.4, 0.5) is 26.0 Å². The second-order valence-corrected chi connectivity index (χ2v) is 10.3. The first-order chi connectivity index (χ1) is 14.4. The highest BCUT2D eigenvalue weighted by Crippen LogP contribution is 2.28. The fraction of sp³-hybridized carbons (Fsp3) is 0.545. The topological polar surface area (TPSA) is 126 Å². The maximum atomic E-state index is 13.1. The zero-order chi connectivity index (χ0) is 24.6. The number of hydrogen-bond acceptors (Lipinski definition) is 8. The molecule has 2 amide bonds. The number of anilines is 2. The number of aromatic nitrogens is 2. The number of carbonyl (C=O) groups is 3. The third-order valence-electron chi connectivity index (χ3n) is 3.59. The van der Waals surface area contributed by atoms with E-state index in [1.165, 1.54) is 6.07 Å². The van der Waals surface area contributed by atoms with E-state index in [1.807, 2.05) is 0 Å². The molecule has 2 rings (SSSR count). The highest BCUT2D eigenvalue weighted by atomic mass is 16.6. The first kappa shape index (κ1) is 25.0. The molecule has 0 unspecified atom stereocenters. The molecule has 0 aliphatic rings. The molecule has 0 spiro atoms. The Hall–Kier alpha value is -3.30. The molecule has 176 valence electrons. The first-order valence-electron chi connectivity index (χ1n) is 10.2. The summed E-state index contributed by atoms with van der Waals surface area (Å²) in [4.78, 5) is 44.1. The van der Waals surface area contributed by atoms with Gasteiger partial charge >= 0.3 is 18.3 Å². The van der Waals surface area contributed by atoms with Crippen molar-refractivity contribution in [2.45, 2.75) is 79.1 Å². The van der Waals surface area contributed by atoms with Crippen LogP contribution in [-0.2, 0) is 14.2 Å². The summed E-state index contributed by atoms with van der Waals surface area (Å²) in [5.41, 5.74) is 4.12. The summed E-state index contributed by atoms with van der Waals surface area (Å²) in [6.45, 7) is 15.0. The van der Waals surface area contributed by atoms with Crippen LogP contribution in [0.1, 0.15) is 62.3 Å². The minimum Gasteiger partial charge on any atom is -0.443 e. The molecule has 2 N–H and O–H groups in total. The average Bonchev–Trinajstić information content (AvgIpc) is 2.87. The lowest BCUT2D eigenvalue weighted by atomic mass is 10.2. The van der Waals surface area contributed by atoms with Crippen molar-refractivity contribution in [3.8, 4) is 0 Å². The number of imidazole rings is 1. The van der Waals surface area contributed by atoms with Crippen LogP contribution in [0.5, 0.6) is 0 Å². The highest BCUT2D eigenvalue weighted by Gasteiger charge is 2.38. The van der Waals surface area contributed by atoms with Gasteiger partial charge in [-0.15, -0.1) is 4.90 Å². The van der Waals surface area contributed by atoms with Gasteiger partial charge in [0.2, 0.25) is 5.95 Å². The van der Waals surface area contributed by atoms with E-state index >= 15 is 0 Å². The van der Waals surface area contributed by atoms with Gasteiger partial charge in [0.1, 0.15) is 16.8 Å². The van der Waals surface area contributed by atoms with E-state index in [9.17, 15) is 14.4 Å². The standard InChI is InChI=1S/C22H32N4O6/c1-20(2,3)30-17(27)25-15-11-10-13(23)12-14(15)24-16(25)26(18(28)31-21(4,5)6)19(29)32-22(7,8)9/h10-12H,23H2,1-9H3. The molecule has 2 aromatic rings. The Bertz CT molecular complexity index is 1010. The van der Waals surface area contributed by atoms with Gasteiger partial charge in [0.05, 0.1) is 11.0 Å². The zero-order valence-electron chi connectivity index (χ0n) is 20.1. The third-order valence-corrected chi connectivity index (χ3v) is 3.59. The van der Waals surface area contributed by atoms with Crippen LogP contribution in [0.25, 0.3) is 11.0 Å². The molecule has 0 radical (unpaired) electrons. The Balaban J connectivity index is 2.75. The number of rotatable bonds is 1. The summed E-state index contributed by atoms with van der Waals surface area (Å²) in [6, 6.07) is 4.63. The zero-order valence-corrected chi connectivity index (χ0v) is 20.1. The molecule has 0 saturated carbocycles. The lowest BCUT2D eigenvalue weighted by Crippen LogP contribution is -2.45. The number of benzene rings is 1. The molecule has 32 heavy (non-hydrogen) atoms. The summed E-state index contributed by atoms with van der Waals surface area (Å²) in [6.07, 6.45) is -2.95. The number of ether oxygens (including phenoxy) is 3. The Morgan fingerprint density at radius 1 is 0.844 bits per heavy atom. The Morgan fingerprint density at radius 2 is 1.31 bits per heavy atom. The summed E-state index contributed by atoms with van der Waals surface area (Å²) < 4.78 is 17.3. The summed E-state index contributed by atoms with van der Waals surface area (Å²) in [5, 5.41) is 0. The Morgan fingerprint density at radius 3 is 1.75 bits per heavy atom. The Labute approximate surface area is 187 Å². The van der Waals surface area contributed by atoms with Gasteiger partial charge in [0, 0.05) is 5.69 Å². The lowest BCUT2D eigenvalue weighted by Gasteiger charge is -2.28. The van der Waals surface area contributed by atoms with Crippen LogP contribution in [0.3, 0.4) is 0 Å². The molecule has 0 saturated heterocycles. The summed E-state index contributed by atoms with van der Waals surface area (Å²) >= 11 is 0. The van der Waals surface area contributed by atoms with Crippen LogP contribution in [0.15, 0.2) is 18.2 Å². The highest BCUT2D eigenvalue weighted by molar-refractivity contribution is 6.10. The monoisotopic (exact) mass is 448 g/mol. The summed E-state index contributed by atoms with van der Waals surface area (Å²) in [7, 11) is 0. The molecule has 10 heteroatoms.